The molecular weight excluding hydrogens is 140 g/mol. The second kappa shape index (κ2) is 7.18. The number of carbonyl (C=O) groups is 1. The van der Waals surface area contributed by atoms with Gasteiger partial charge >= 0.3 is 0 Å². The molecule has 0 rings (SSSR count). The molecule has 0 radical (unpaired) electrons. The van der Waals surface area contributed by atoms with Crippen molar-refractivity contribution in [2.24, 2.45) is 0 Å². The third-order valence-electron chi connectivity index (χ3n) is 0.956. The molecule has 0 atom stereocenters. The molecule has 0 fully saturated rings. The van der Waals surface area contributed by atoms with Gasteiger partial charge in [-0.3, -0.25) is 0 Å². The predicted octanol–water partition coefficient (Wildman–Crippen LogP) is 1.10. The van der Waals surface area contributed by atoms with E-state index in [0.29, 0.717) is 6.42 Å². The summed E-state index contributed by atoms with van der Waals surface area (Å²) < 4.78 is 0. The highest BCUT2D eigenvalue weighted by Gasteiger charge is 1.85. The highest BCUT2D eigenvalue weighted by atomic mass is 35.6. The Morgan fingerprint density at radius 3 is 2.75 bits per heavy atom. The summed E-state index contributed by atoms with van der Waals surface area (Å²) in [5.74, 6) is 0. The van der Waals surface area contributed by atoms with E-state index in [2.05, 4.69) is 0 Å². The van der Waals surface area contributed by atoms with Crippen molar-refractivity contribution in [2.75, 3.05) is 0 Å². The SMILES string of the molecule is O=CCCCC[SiH2]Cl. The van der Waals surface area contributed by atoms with Crippen LogP contribution in [0.3, 0.4) is 0 Å². The Bertz CT molecular complexity index is 58.4. The van der Waals surface area contributed by atoms with Crippen molar-refractivity contribution in [3.8, 4) is 0 Å². The van der Waals surface area contributed by atoms with E-state index in [4.69, 9.17) is 11.1 Å². The first-order valence-corrected chi connectivity index (χ1v) is 6.05. The van der Waals surface area contributed by atoms with Gasteiger partial charge in [0.25, 0.3) is 0 Å². The van der Waals surface area contributed by atoms with E-state index in [-0.39, 0.29) is 8.83 Å². The van der Waals surface area contributed by atoms with Gasteiger partial charge in [0.2, 0.25) is 0 Å². The van der Waals surface area contributed by atoms with Crippen molar-refractivity contribution in [1.82, 2.24) is 0 Å². The summed E-state index contributed by atoms with van der Waals surface area (Å²) in [6, 6.07) is 1.18. The number of unbranched alkanes of at least 4 members (excludes halogenated alkanes) is 2. The normalized spacial score (nSPS) is 10.6. The lowest BCUT2D eigenvalue weighted by Gasteiger charge is -1.88. The maximum atomic E-state index is 9.75. The molecule has 0 amide bonds. The van der Waals surface area contributed by atoms with E-state index in [0.717, 1.165) is 19.1 Å². The van der Waals surface area contributed by atoms with Gasteiger partial charge < -0.3 is 4.79 Å². The molecule has 0 spiro atoms. The summed E-state index contributed by atoms with van der Waals surface area (Å²) in [7, 11) is -0.258. The van der Waals surface area contributed by atoms with E-state index in [9.17, 15) is 4.79 Å². The number of carbonyl (C=O) groups excluding carboxylic acids is 1. The Morgan fingerprint density at radius 2 is 2.25 bits per heavy atom. The summed E-state index contributed by atoms with van der Waals surface area (Å²) in [5.41, 5.74) is 0. The molecule has 0 aliphatic rings. The first-order chi connectivity index (χ1) is 3.91. The highest BCUT2D eigenvalue weighted by molar-refractivity contribution is 6.93. The van der Waals surface area contributed by atoms with Crippen LogP contribution in [0.5, 0.6) is 0 Å². The van der Waals surface area contributed by atoms with Gasteiger partial charge in [-0.2, -0.15) is 11.1 Å². The maximum absolute atomic E-state index is 9.75. The molecule has 0 unspecified atom stereocenters. The van der Waals surface area contributed by atoms with Gasteiger partial charge in [-0.25, -0.2) is 0 Å². The molecular formula is C5H11ClOSi. The Labute approximate surface area is 56.9 Å². The summed E-state index contributed by atoms with van der Waals surface area (Å²) >= 11 is 5.53. The van der Waals surface area contributed by atoms with Gasteiger partial charge in [-0.15, -0.1) is 0 Å². The van der Waals surface area contributed by atoms with Crippen molar-refractivity contribution in [3.05, 3.63) is 0 Å². The number of halogens is 1. The first-order valence-electron chi connectivity index (χ1n) is 2.91. The molecule has 0 aromatic heterocycles. The van der Waals surface area contributed by atoms with E-state index < -0.39 is 0 Å². The molecule has 0 heterocycles. The van der Waals surface area contributed by atoms with Crippen LogP contribution < -0.4 is 0 Å². The number of hydrogen-bond donors (Lipinski definition) is 0. The summed E-state index contributed by atoms with van der Waals surface area (Å²) in [4.78, 5) is 9.75. The number of hydrogen-bond acceptors (Lipinski definition) is 1. The van der Waals surface area contributed by atoms with Crippen molar-refractivity contribution in [3.63, 3.8) is 0 Å². The minimum atomic E-state index is -0.258. The van der Waals surface area contributed by atoms with E-state index >= 15 is 0 Å². The molecule has 48 valence electrons. The van der Waals surface area contributed by atoms with Crippen LogP contribution in [-0.2, 0) is 4.79 Å². The molecule has 8 heavy (non-hydrogen) atoms. The topological polar surface area (TPSA) is 17.1 Å². The molecule has 3 heteroatoms. The lowest BCUT2D eigenvalue weighted by atomic mass is 10.3. The lowest BCUT2D eigenvalue weighted by Crippen LogP contribution is -1.79. The summed E-state index contributed by atoms with van der Waals surface area (Å²) in [5, 5.41) is 0. The van der Waals surface area contributed by atoms with Gasteiger partial charge in [-0.05, 0) is 12.5 Å². The number of aldehydes is 1. The van der Waals surface area contributed by atoms with Gasteiger partial charge in [0.1, 0.15) is 15.1 Å². The van der Waals surface area contributed by atoms with E-state index in [1.807, 2.05) is 0 Å². The zero-order chi connectivity index (χ0) is 6.24. The fourth-order valence-electron chi connectivity index (χ4n) is 0.499. The fourth-order valence-corrected chi connectivity index (χ4v) is 1.61. The van der Waals surface area contributed by atoms with Crippen LogP contribution in [0, 0.1) is 0 Å². The second-order valence-electron chi connectivity index (χ2n) is 1.70. The highest BCUT2D eigenvalue weighted by Crippen LogP contribution is 1.97. The van der Waals surface area contributed by atoms with Crippen LogP contribution in [0.2, 0.25) is 6.04 Å². The molecule has 0 N–H and O–H groups in total. The largest absolute Gasteiger partial charge is 0.303 e. The van der Waals surface area contributed by atoms with Crippen molar-refractivity contribution in [1.29, 1.82) is 0 Å². The van der Waals surface area contributed by atoms with Crippen LogP contribution in [0.4, 0.5) is 0 Å². The first kappa shape index (κ1) is 8.18. The van der Waals surface area contributed by atoms with Crippen LogP contribution in [0.15, 0.2) is 0 Å². The third-order valence-corrected chi connectivity index (χ3v) is 2.52. The minimum absolute atomic E-state index is 0.258. The zero-order valence-electron chi connectivity index (χ0n) is 4.90. The third kappa shape index (κ3) is 6.18. The smallest absolute Gasteiger partial charge is 0.125 e. The average Bonchev–Trinajstić information content (AvgIpc) is 1.81. The second-order valence-corrected chi connectivity index (χ2v) is 3.92. The quantitative estimate of drug-likeness (QED) is 0.248. The van der Waals surface area contributed by atoms with Crippen molar-refractivity contribution in [2.45, 2.75) is 25.3 Å². The standard InChI is InChI=1S/C5H11ClOSi/c6-8-5-3-1-2-4-7/h4H,1-3,5,8H2. The average molecular weight is 151 g/mol. The summed E-state index contributed by atoms with van der Waals surface area (Å²) in [6.45, 7) is 0. The molecule has 0 saturated heterocycles. The monoisotopic (exact) mass is 150 g/mol. The maximum Gasteiger partial charge on any atom is 0.125 e. The van der Waals surface area contributed by atoms with Crippen LogP contribution in [0.25, 0.3) is 0 Å². The molecule has 0 bridgehead atoms. The van der Waals surface area contributed by atoms with Crippen LogP contribution in [0.1, 0.15) is 19.3 Å². The Balaban J connectivity index is 2.62. The molecule has 1 nitrogen and oxygen atoms in total. The van der Waals surface area contributed by atoms with Gasteiger partial charge in [0.15, 0.2) is 0 Å². The molecule has 0 saturated carbocycles. The Hall–Kier alpha value is 0.177. The van der Waals surface area contributed by atoms with E-state index in [1.165, 1.54) is 6.04 Å². The van der Waals surface area contributed by atoms with Crippen molar-refractivity contribution < 1.29 is 4.79 Å². The summed E-state index contributed by atoms with van der Waals surface area (Å²) in [6.07, 6.45) is 3.86. The molecule has 0 aliphatic carbocycles. The van der Waals surface area contributed by atoms with E-state index in [1.54, 1.807) is 0 Å². The van der Waals surface area contributed by atoms with Gasteiger partial charge in [0.05, 0.1) is 0 Å². The van der Waals surface area contributed by atoms with Crippen LogP contribution in [-0.4, -0.2) is 15.1 Å². The number of rotatable bonds is 5. The molecule has 0 aliphatic heterocycles. The lowest BCUT2D eigenvalue weighted by molar-refractivity contribution is -0.107. The zero-order valence-corrected chi connectivity index (χ0v) is 7.07. The van der Waals surface area contributed by atoms with Crippen LogP contribution >= 0.6 is 11.1 Å². The fraction of sp³-hybridized carbons (Fsp3) is 0.800. The molecule has 0 aromatic carbocycles. The molecule has 0 aromatic rings. The minimum Gasteiger partial charge on any atom is -0.303 e. The Kier molecular flexibility index (Phi) is 7.34. The van der Waals surface area contributed by atoms with Crippen molar-refractivity contribution >= 4 is 26.2 Å². The van der Waals surface area contributed by atoms with Gasteiger partial charge in [0, 0.05) is 6.42 Å². The predicted molar refractivity (Wildman–Crippen MR) is 39.1 cm³/mol. The Morgan fingerprint density at radius 1 is 1.50 bits per heavy atom. The van der Waals surface area contributed by atoms with Gasteiger partial charge in [-0.1, -0.05) is 6.42 Å².